The summed E-state index contributed by atoms with van der Waals surface area (Å²) >= 11 is 6.39. The highest BCUT2D eigenvalue weighted by Crippen LogP contribution is 2.18. The summed E-state index contributed by atoms with van der Waals surface area (Å²) < 4.78 is 0.208. The minimum absolute atomic E-state index is 0.208. The van der Waals surface area contributed by atoms with Crippen LogP contribution in [0.1, 0.15) is 27.2 Å². The standard InChI is InChI=1S/C7H16S2/c1-4-5-9-6-7(2,3)8/h8H,4-6H2,1-3H3. The molecule has 0 rings (SSSR count). The van der Waals surface area contributed by atoms with E-state index in [1.54, 1.807) is 0 Å². The Morgan fingerprint density at radius 2 is 2.00 bits per heavy atom. The van der Waals surface area contributed by atoms with Gasteiger partial charge < -0.3 is 0 Å². The van der Waals surface area contributed by atoms with Crippen molar-refractivity contribution in [3.63, 3.8) is 0 Å². The number of hydrogen-bond acceptors (Lipinski definition) is 2. The molecule has 0 aromatic rings. The Kier molecular flexibility index (Phi) is 4.86. The van der Waals surface area contributed by atoms with Crippen molar-refractivity contribution >= 4 is 24.4 Å². The second-order valence-corrected chi connectivity index (χ2v) is 5.18. The van der Waals surface area contributed by atoms with E-state index in [0.29, 0.717) is 0 Å². The molecule has 0 fully saturated rings. The van der Waals surface area contributed by atoms with Crippen LogP contribution in [0.15, 0.2) is 0 Å². The van der Waals surface area contributed by atoms with Crippen molar-refractivity contribution in [3.8, 4) is 0 Å². The summed E-state index contributed by atoms with van der Waals surface area (Å²) in [6.07, 6.45) is 1.27. The SMILES string of the molecule is CCCSCC(C)(C)S. The van der Waals surface area contributed by atoms with Crippen molar-refractivity contribution in [3.05, 3.63) is 0 Å². The zero-order valence-electron chi connectivity index (χ0n) is 6.48. The fourth-order valence-electron chi connectivity index (χ4n) is 0.466. The van der Waals surface area contributed by atoms with Gasteiger partial charge >= 0.3 is 0 Å². The van der Waals surface area contributed by atoms with Crippen LogP contribution in [-0.4, -0.2) is 16.3 Å². The molecule has 0 aliphatic rings. The van der Waals surface area contributed by atoms with E-state index in [1.165, 1.54) is 12.2 Å². The fraction of sp³-hybridized carbons (Fsp3) is 1.00. The lowest BCUT2D eigenvalue weighted by Crippen LogP contribution is -2.13. The summed E-state index contributed by atoms with van der Waals surface area (Å²) in [5.41, 5.74) is 0. The van der Waals surface area contributed by atoms with E-state index in [0.717, 1.165) is 5.75 Å². The lowest BCUT2D eigenvalue weighted by atomic mass is 10.2. The predicted octanol–water partition coefficient (Wildman–Crippen LogP) is 2.84. The summed E-state index contributed by atoms with van der Waals surface area (Å²) in [6.45, 7) is 6.51. The molecule has 0 bridgehead atoms. The predicted molar refractivity (Wildman–Crippen MR) is 50.7 cm³/mol. The minimum atomic E-state index is 0.208. The first-order chi connectivity index (χ1) is 4.06. The average Bonchev–Trinajstić information content (AvgIpc) is 1.63. The molecule has 0 N–H and O–H groups in total. The Bertz CT molecular complexity index is 63.8. The van der Waals surface area contributed by atoms with E-state index < -0.39 is 0 Å². The number of hydrogen-bond donors (Lipinski definition) is 1. The van der Waals surface area contributed by atoms with Crippen LogP contribution in [-0.2, 0) is 0 Å². The van der Waals surface area contributed by atoms with Crippen LogP contribution in [0.2, 0.25) is 0 Å². The van der Waals surface area contributed by atoms with Gasteiger partial charge in [-0.25, -0.2) is 0 Å². The van der Waals surface area contributed by atoms with Crippen molar-refractivity contribution in [2.45, 2.75) is 31.9 Å². The van der Waals surface area contributed by atoms with Crippen LogP contribution >= 0.6 is 24.4 Å². The van der Waals surface area contributed by atoms with E-state index in [9.17, 15) is 0 Å². The third-order valence-corrected chi connectivity index (χ3v) is 2.80. The van der Waals surface area contributed by atoms with Gasteiger partial charge in [0.15, 0.2) is 0 Å². The smallest absolute Gasteiger partial charge is 0.0163 e. The van der Waals surface area contributed by atoms with Gasteiger partial charge in [-0.05, 0) is 12.2 Å². The van der Waals surface area contributed by atoms with Gasteiger partial charge in [0, 0.05) is 10.5 Å². The van der Waals surface area contributed by atoms with Crippen molar-refractivity contribution in [2.75, 3.05) is 11.5 Å². The highest BCUT2D eigenvalue weighted by Gasteiger charge is 2.09. The van der Waals surface area contributed by atoms with Gasteiger partial charge in [0.1, 0.15) is 0 Å². The Labute approximate surface area is 68.2 Å². The van der Waals surface area contributed by atoms with Crippen molar-refractivity contribution < 1.29 is 0 Å². The molecule has 0 unspecified atom stereocenters. The molecule has 0 nitrogen and oxygen atoms in total. The van der Waals surface area contributed by atoms with Crippen LogP contribution in [0, 0.1) is 0 Å². The normalized spacial score (nSPS) is 12.0. The average molecular weight is 164 g/mol. The quantitative estimate of drug-likeness (QED) is 0.492. The maximum Gasteiger partial charge on any atom is 0.0163 e. The number of thioether (sulfide) groups is 1. The summed E-state index contributed by atoms with van der Waals surface area (Å²) in [4.78, 5) is 0. The van der Waals surface area contributed by atoms with Gasteiger partial charge in [-0.2, -0.15) is 24.4 Å². The highest BCUT2D eigenvalue weighted by molar-refractivity contribution is 8.00. The Morgan fingerprint density at radius 1 is 1.44 bits per heavy atom. The molecule has 0 saturated carbocycles. The summed E-state index contributed by atoms with van der Waals surface area (Å²) in [5, 5.41) is 0. The summed E-state index contributed by atoms with van der Waals surface area (Å²) in [5.74, 6) is 2.42. The fourth-order valence-corrected chi connectivity index (χ4v) is 1.67. The van der Waals surface area contributed by atoms with E-state index >= 15 is 0 Å². The monoisotopic (exact) mass is 164 g/mol. The molecule has 0 heterocycles. The van der Waals surface area contributed by atoms with Crippen LogP contribution in [0.4, 0.5) is 0 Å². The molecule has 9 heavy (non-hydrogen) atoms. The molecule has 0 aliphatic carbocycles. The van der Waals surface area contributed by atoms with Gasteiger partial charge in [0.25, 0.3) is 0 Å². The first-order valence-corrected chi connectivity index (χ1v) is 4.96. The zero-order chi connectivity index (χ0) is 7.33. The van der Waals surface area contributed by atoms with Crippen molar-refractivity contribution in [1.29, 1.82) is 0 Å². The van der Waals surface area contributed by atoms with Gasteiger partial charge in [-0.1, -0.05) is 20.8 Å². The van der Waals surface area contributed by atoms with Gasteiger partial charge in [0.2, 0.25) is 0 Å². The Balaban J connectivity index is 3.07. The molecule has 2 heteroatoms. The van der Waals surface area contributed by atoms with Gasteiger partial charge in [-0.3, -0.25) is 0 Å². The van der Waals surface area contributed by atoms with E-state index in [2.05, 4.69) is 33.4 Å². The molecule has 0 atom stereocenters. The topological polar surface area (TPSA) is 0 Å². The van der Waals surface area contributed by atoms with E-state index in [1.807, 2.05) is 11.8 Å². The Hall–Kier alpha value is 0.700. The lowest BCUT2D eigenvalue weighted by Gasteiger charge is -2.15. The minimum Gasteiger partial charge on any atom is -0.172 e. The van der Waals surface area contributed by atoms with Crippen molar-refractivity contribution in [2.24, 2.45) is 0 Å². The molecule has 0 aliphatic heterocycles. The van der Waals surface area contributed by atoms with Crippen LogP contribution < -0.4 is 0 Å². The largest absolute Gasteiger partial charge is 0.172 e. The van der Waals surface area contributed by atoms with E-state index in [-0.39, 0.29) is 4.75 Å². The van der Waals surface area contributed by atoms with Gasteiger partial charge in [0.05, 0.1) is 0 Å². The first kappa shape index (κ1) is 9.70. The van der Waals surface area contributed by atoms with Crippen LogP contribution in [0.3, 0.4) is 0 Å². The molecule has 0 amide bonds. The third-order valence-electron chi connectivity index (χ3n) is 0.804. The van der Waals surface area contributed by atoms with E-state index in [4.69, 9.17) is 0 Å². The molecule has 0 spiro atoms. The second kappa shape index (κ2) is 4.51. The molecule has 0 saturated heterocycles. The summed E-state index contributed by atoms with van der Waals surface area (Å²) in [6, 6.07) is 0. The molecule has 56 valence electrons. The molecule has 0 aromatic heterocycles. The number of thiol groups is 1. The maximum atomic E-state index is 4.41. The molecular weight excluding hydrogens is 148 g/mol. The highest BCUT2D eigenvalue weighted by atomic mass is 32.2. The number of rotatable bonds is 4. The molecule has 0 aromatic carbocycles. The Morgan fingerprint density at radius 3 is 2.33 bits per heavy atom. The second-order valence-electron chi connectivity index (χ2n) is 2.87. The molecular formula is C7H16S2. The first-order valence-electron chi connectivity index (χ1n) is 3.36. The van der Waals surface area contributed by atoms with Crippen molar-refractivity contribution in [1.82, 2.24) is 0 Å². The van der Waals surface area contributed by atoms with Crippen LogP contribution in [0.5, 0.6) is 0 Å². The van der Waals surface area contributed by atoms with Gasteiger partial charge in [-0.15, -0.1) is 0 Å². The van der Waals surface area contributed by atoms with Crippen LogP contribution in [0.25, 0.3) is 0 Å². The lowest BCUT2D eigenvalue weighted by molar-refractivity contribution is 0.825. The summed E-state index contributed by atoms with van der Waals surface area (Å²) in [7, 11) is 0. The molecule has 0 radical (unpaired) electrons. The zero-order valence-corrected chi connectivity index (χ0v) is 8.19. The maximum absolute atomic E-state index is 4.41. The third kappa shape index (κ3) is 8.70.